The molecule has 0 saturated carbocycles. The Kier molecular flexibility index (Phi) is 3.57. The molecule has 1 amide bonds. The molecule has 2 heterocycles. The predicted octanol–water partition coefficient (Wildman–Crippen LogP) is 0.167. The Labute approximate surface area is 105 Å². The topological polar surface area (TPSA) is 73.7 Å². The van der Waals surface area contributed by atoms with Gasteiger partial charge in [0.15, 0.2) is 0 Å². The molecule has 1 fully saturated rings. The Balaban J connectivity index is 2.21. The molecule has 0 aliphatic carbocycles. The molecule has 6 heteroatoms. The summed E-state index contributed by atoms with van der Waals surface area (Å²) in [6.45, 7) is 2.85. The van der Waals surface area contributed by atoms with Crippen molar-refractivity contribution >= 4 is 11.9 Å². The van der Waals surface area contributed by atoms with Gasteiger partial charge >= 0.3 is 5.97 Å². The molecule has 1 aliphatic heterocycles. The average Bonchev–Trinajstić information content (AvgIpc) is 2.39. The number of amides is 1. The zero-order valence-electron chi connectivity index (χ0n) is 10.2. The minimum Gasteiger partial charge on any atom is -0.478 e. The number of piperazine rings is 1. The quantitative estimate of drug-likeness (QED) is 0.808. The molecule has 6 nitrogen and oxygen atoms in total. The molecular weight excluding hydrogens is 234 g/mol. The standard InChI is InChI=1S/C12H15N3O3/c1-14-4-6-15(7-5-14)11(16)9-2-3-13-8-10(9)12(17)18/h2-3,8H,4-7H2,1H3,(H,17,18). The van der Waals surface area contributed by atoms with Gasteiger partial charge in [0.05, 0.1) is 11.1 Å². The van der Waals surface area contributed by atoms with Gasteiger partial charge in [0, 0.05) is 38.6 Å². The van der Waals surface area contributed by atoms with Crippen LogP contribution in [0.2, 0.25) is 0 Å². The summed E-state index contributed by atoms with van der Waals surface area (Å²) < 4.78 is 0. The molecule has 18 heavy (non-hydrogen) atoms. The lowest BCUT2D eigenvalue weighted by Gasteiger charge is -2.32. The van der Waals surface area contributed by atoms with Crippen molar-refractivity contribution in [2.24, 2.45) is 0 Å². The van der Waals surface area contributed by atoms with Gasteiger partial charge in [-0.3, -0.25) is 9.78 Å². The Hall–Kier alpha value is -1.95. The predicted molar refractivity (Wildman–Crippen MR) is 64.6 cm³/mol. The fourth-order valence-corrected chi connectivity index (χ4v) is 1.93. The van der Waals surface area contributed by atoms with Gasteiger partial charge in [-0.1, -0.05) is 0 Å². The number of hydrogen-bond acceptors (Lipinski definition) is 4. The zero-order chi connectivity index (χ0) is 13.1. The summed E-state index contributed by atoms with van der Waals surface area (Å²) in [7, 11) is 2.00. The molecule has 0 spiro atoms. The number of carbonyl (C=O) groups is 2. The molecule has 0 aromatic carbocycles. The van der Waals surface area contributed by atoms with Crippen LogP contribution >= 0.6 is 0 Å². The van der Waals surface area contributed by atoms with Gasteiger partial charge < -0.3 is 14.9 Å². The average molecular weight is 249 g/mol. The summed E-state index contributed by atoms with van der Waals surface area (Å²) in [5, 5.41) is 9.04. The van der Waals surface area contributed by atoms with Gasteiger partial charge in [-0.25, -0.2) is 4.79 Å². The number of carboxylic acids is 1. The van der Waals surface area contributed by atoms with Crippen molar-refractivity contribution in [2.45, 2.75) is 0 Å². The van der Waals surface area contributed by atoms with Crippen molar-refractivity contribution in [3.63, 3.8) is 0 Å². The number of carbonyl (C=O) groups excluding carboxylic acids is 1. The molecule has 1 aliphatic rings. The van der Waals surface area contributed by atoms with Crippen molar-refractivity contribution < 1.29 is 14.7 Å². The fourth-order valence-electron chi connectivity index (χ4n) is 1.93. The normalized spacial score (nSPS) is 16.6. The van der Waals surface area contributed by atoms with Crippen molar-refractivity contribution in [3.8, 4) is 0 Å². The van der Waals surface area contributed by atoms with E-state index >= 15 is 0 Å². The minimum absolute atomic E-state index is 0.0403. The Morgan fingerprint density at radius 2 is 1.89 bits per heavy atom. The molecule has 96 valence electrons. The number of hydrogen-bond donors (Lipinski definition) is 1. The van der Waals surface area contributed by atoms with Crippen molar-refractivity contribution in [1.29, 1.82) is 0 Å². The van der Waals surface area contributed by atoms with Gasteiger partial charge in [-0.15, -0.1) is 0 Å². The number of rotatable bonds is 2. The molecular formula is C12H15N3O3. The molecule has 1 aromatic heterocycles. The third-order valence-electron chi connectivity index (χ3n) is 3.07. The first-order chi connectivity index (χ1) is 8.59. The van der Waals surface area contributed by atoms with E-state index in [9.17, 15) is 9.59 Å². The lowest BCUT2D eigenvalue weighted by molar-refractivity contribution is 0.0635. The zero-order valence-corrected chi connectivity index (χ0v) is 10.2. The van der Waals surface area contributed by atoms with E-state index in [1.54, 1.807) is 4.90 Å². The van der Waals surface area contributed by atoms with Crippen molar-refractivity contribution in [3.05, 3.63) is 29.6 Å². The second kappa shape index (κ2) is 5.14. The highest BCUT2D eigenvalue weighted by Crippen LogP contribution is 2.12. The van der Waals surface area contributed by atoms with Crippen molar-refractivity contribution in [2.75, 3.05) is 33.2 Å². The maximum absolute atomic E-state index is 12.2. The van der Waals surface area contributed by atoms with Gasteiger partial charge in [-0.2, -0.15) is 0 Å². The van der Waals surface area contributed by atoms with E-state index in [2.05, 4.69) is 9.88 Å². The summed E-state index contributed by atoms with van der Waals surface area (Å²) >= 11 is 0. The van der Waals surface area contributed by atoms with Gasteiger partial charge in [0.2, 0.25) is 0 Å². The second-order valence-electron chi connectivity index (χ2n) is 4.32. The Morgan fingerprint density at radius 3 is 2.50 bits per heavy atom. The van der Waals surface area contributed by atoms with Crippen LogP contribution in [0.15, 0.2) is 18.5 Å². The van der Waals surface area contributed by atoms with Crippen LogP contribution in [0.25, 0.3) is 0 Å². The fraction of sp³-hybridized carbons (Fsp3) is 0.417. The molecule has 1 N–H and O–H groups in total. The van der Waals surface area contributed by atoms with Crippen LogP contribution in [-0.4, -0.2) is 65.0 Å². The second-order valence-corrected chi connectivity index (χ2v) is 4.32. The van der Waals surface area contributed by atoms with Crippen molar-refractivity contribution in [1.82, 2.24) is 14.8 Å². The number of nitrogens with zero attached hydrogens (tertiary/aromatic N) is 3. The van der Waals surface area contributed by atoms with E-state index in [1.165, 1.54) is 18.5 Å². The first-order valence-electron chi connectivity index (χ1n) is 5.74. The Morgan fingerprint density at radius 1 is 1.22 bits per heavy atom. The molecule has 0 bridgehead atoms. The van der Waals surface area contributed by atoms with Crippen LogP contribution in [0.1, 0.15) is 20.7 Å². The van der Waals surface area contributed by atoms with Crippen LogP contribution < -0.4 is 0 Å². The number of aromatic carboxylic acids is 1. The molecule has 0 unspecified atom stereocenters. The van der Waals surface area contributed by atoms with Crippen LogP contribution in [0.5, 0.6) is 0 Å². The van der Waals surface area contributed by atoms with Crippen LogP contribution in [0.4, 0.5) is 0 Å². The molecule has 0 atom stereocenters. The maximum atomic E-state index is 12.2. The maximum Gasteiger partial charge on any atom is 0.338 e. The monoisotopic (exact) mass is 249 g/mol. The van der Waals surface area contributed by atoms with E-state index < -0.39 is 5.97 Å². The highest BCUT2D eigenvalue weighted by Gasteiger charge is 2.24. The van der Waals surface area contributed by atoms with Gasteiger partial charge in [0.1, 0.15) is 0 Å². The molecule has 0 radical (unpaired) electrons. The van der Waals surface area contributed by atoms with E-state index in [0.717, 1.165) is 13.1 Å². The van der Waals surface area contributed by atoms with Crippen LogP contribution in [0, 0.1) is 0 Å². The summed E-state index contributed by atoms with van der Waals surface area (Å²) in [5.74, 6) is -1.36. The molecule has 1 aromatic rings. The van der Waals surface area contributed by atoms with E-state index in [-0.39, 0.29) is 17.0 Å². The lowest BCUT2D eigenvalue weighted by Crippen LogP contribution is -2.47. The number of carboxylic acid groups (broad SMARTS) is 1. The first kappa shape index (κ1) is 12.5. The van der Waals surface area contributed by atoms with Crippen LogP contribution in [-0.2, 0) is 0 Å². The number of aromatic nitrogens is 1. The largest absolute Gasteiger partial charge is 0.478 e. The highest BCUT2D eigenvalue weighted by molar-refractivity contribution is 6.04. The number of likely N-dealkylation sites (N-methyl/N-ethyl adjacent to an activating group) is 1. The van der Waals surface area contributed by atoms with E-state index in [4.69, 9.17) is 5.11 Å². The SMILES string of the molecule is CN1CCN(C(=O)c2ccncc2C(=O)O)CC1. The van der Waals surface area contributed by atoms with E-state index in [0.29, 0.717) is 13.1 Å². The smallest absolute Gasteiger partial charge is 0.338 e. The summed E-state index contributed by atoms with van der Waals surface area (Å²) in [4.78, 5) is 30.9. The third kappa shape index (κ3) is 2.48. The number of pyridine rings is 1. The first-order valence-corrected chi connectivity index (χ1v) is 5.74. The van der Waals surface area contributed by atoms with E-state index in [1.807, 2.05) is 7.05 Å². The minimum atomic E-state index is -1.12. The summed E-state index contributed by atoms with van der Waals surface area (Å²) in [6, 6.07) is 1.46. The summed E-state index contributed by atoms with van der Waals surface area (Å²) in [6.07, 6.45) is 2.65. The van der Waals surface area contributed by atoms with Gasteiger partial charge in [0.25, 0.3) is 5.91 Å². The lowest BCUT2D eigenvalue weighted by atomic mass is 10.1. The van der Waals surface area contributed by atoms with Crippen LogP contribution in [0.3, 0.4) is 0 Å². The van der Waals surface area contributed by atoms with Gasteiger partial charge in [-0.05, 0) is 13.1 Å². The third-order valence-corrected chi connectivity index (χ3v) is 3.07. The molecule has 1 saturated heterocycles. The Bertz CT molecular complexity index is 467. The highest BCUT2D eigenvalue weighted by atomic mass is 16.4. The molecule has 2 rings (SSSR count). The summed E-state index contributed by atoms with van der Waals surface area (Å²) in [5.41, 5.74) is 0.170.